The van der Waals surface area contributed by atoms with Crippen LogP contribution in [0.2, 0.25) is 0 Å². The van der Waals surface area contributed by atoms with Crippen LogP contribution in [0.5, 0.6) is 0 Å². The van der Waals surface area contributed by atoms with Crippen molar-refractivity contribution in [1.82, 2.24) is 9.13 Å². The molecule has 0 fully saturated rings. The van der Waals surface area contributed by atoms with Gasteiger partial charge in [-0.15, -0.1) is 0 Å². The van der Waals surface area contributed by atoms with Crippen LogP contribution in [0.1, 0.15) is 301 Å². The molecule has 650 valence electrons. The van der Waals surface area contributed by atoms with Gasteiger partial charge in [0.05, 0.1) is 44.4 Å². The first-order valence-corrected chi connectivity index (χ1v) is 46.3. The second-order valence-electron chi connectivity index (χ2n) is 48.4. The maximum atomic E-state index is 10.2. The highest BCUT2D eigenvalue weighted by molar-refractivity contribution is 7.00. The van der Waals surface area contributed by atoms with Gasteiger partial charge in [0.1, 0.15) is 0 Å². The van der Waals surface area contributed by atoms with Crippen molar-refractivity contribution in [2.45, 2.75) is 288 Å². The van der Waals surface area contributed by atoms with E-state index in [9.17, 15) is 11.0 Å². The van der Waals surface area contributed by atoms with Crippen molar-refractivity contribution in [2.75, 3.05) is 9.80 Å². The molecule has 0 unspecified atom stereocenters. The first-order chi connectivity index (χ1) is 62.2. The molecule has 2 aliphatic heterocycles. The number of benzene rings is 13. The van der Waals surface area contributed by atoms with E-state index in [0.717, 1.165) is 123 Å². The third-order valence-electron chi connectivity index (χ3n) is 27.4. The standard InChI is InChI=1S/C122H139BN4/c1-112(2,3)77-46-42-74(43-47-77)91-66-84(119(22,23)24)68-93(76-60-82(117(16,17)18)62-83(61-76)118(19,20)21)110(91)126-105-72-87(124-101-40-36-34-38-89(101)90-39-35-37-41-102(90)124)53-56-99(105)123-100-57-54-88(125-103-58-51-80(115(10,11)12)64-95(103)96-65-81(116(13,14)15)52-59-104(96)125)73-106(100)127(108-71-86(121(28,29)30)70-107(126)109(108)123)111-92(75-44-48-78(49-45-75)113(4,5)6)67-85(120(25,26)27)69-97(111)94-63-79(114(7,8)9)50-55-98(94)122(31,32)33/h34-73H,1-33H3/i34D,35D,36D,37D,38D,39D,40D,41D. The normalized spacial score (nSPS) is 14.9. The molecular weight excluding hydrogens is 1530 g/mol. The molecule has 15 aromatic rings. The van der Waals surface area contributed by atoms with E-state index in [4.69, 9.17) is 0 Å². The van der Waals surface area contributed by atoms with Crippen molar-refractivity contribution in [3.8, 4) is 55.9 Å². The third-order valence-corrected chi connectivity index (χ3v) is 27.4. The molecule has 127 heavy (non-hydrogen) atoms. The predicted octanol–water partition coefficient (Wildman–Crippen LogP) is 32.9. The molecule has 0 aliphatic carbocycles. The summed E-state index contributed by atoms with van der Waals surface area (Å²) in [6.07, 6.45) is 0. The molecule has 0 saturated carbocycles. The Hall–Kier alpha value is -10.9. The Morgan fingerprint density at radius 1 is 0.220 bits per heavy atom. The largest absolute Gasteiger partial charge is 0.310 e. The molecule has 2 aliphatic rings. The van der Waals surface area contributed by atoms with Gasteiger partial charge >= 0.3 is 0 Å². The number of hydrogen-bond donors (Lipinski definition) is 0. The van der Waals surface area contributed by atoms with E-state index in [1.54, 1.807) is 4.57 Å². The third kappa shape index (κ3) is 15.7. The van der Waals surface area contributed by atoms with Gasteiger partial charge in [-0.2, -0.15) is 0 Å². The van der Waals surface area contributed by atoms with Crippen LogP contribution >= 0.6 is 0 Å². The number of rotatable bonds is 8. The summed E-state index contributed by atoms with van der Waals surface area (Å²) in [4.78, 5) is 5.30. The minimum absolute atomic E-state index is 0.0145. The average Bonchev–Trinajstić information content (AvgIpc) is 0.871. The summed E-state index contributed by atoms with van der Waals surface area (Å²) >= 11 is 0. The van der Waals surface area contributed by atoms with Crippen LogP contribution in [0.25, 0.3) is 99.5 Å². The summed E-state index contributed by atoms with van der Waals surface area (Å²) in [6, 6.07) is 72.9. The first-order valence-electron chi connectivity index (χ1n) is 50.3. The van der Waals surface area contributed by atoms with Crippen LogP contribution in [0, 0.1) is 0 Å². The van der Waals surface area contributed by atoms with E-state index < -0.39 is 41.7 Å². The number of fused-ring (bicyclic) bond motifs is 10. The van der Waals surface area contributed by atoms with Crippen molar-refractivity contribution < 1.29 is 11.0 Å². The number of para-hydroxylation sites is 2. The fourth-order valence-corrected chi connectivity index (χ4v) is 19.4. The Bertz CT molecular complexity index is 7260. The van der Waals surface area contributed by atoms with Crippen LogP contribution in [-0.4, -0.2) is 15.8 Å². The lowest BCUT2D eigenvalue weighted by Crippen LogP contribution is -2.61. The Labute approximate surface area is 773 Å². The predicted molar refractivity (Wildman–Crippen MR) is 557 cm³/mol. The Morgan fingerprint density at radius 3 is 0.906 bits per heavy atom. The van der Waals surface area contributed by atoms with Crippen LogP contribution in [0.15, 0.2) is 242 Å². The Balaban J connectivity index is 1.15. The molecule has 4 nitrogen and oxygen atoms in total. The first kappa shape index (κ1) is 78.4. The molecule has 4 heterocycles. The minimum Gasteiger partial charge on any atom is -0.310 e. The van der Waals surface area contributed by atoms with Gasteiger partial charge in [-0.1, -0.05) is 374 Å². The van der Waals surface area contributed by atoms with Gasteiger partial charge < -0.3 is 18.9 Å². The maximum absolute atomic E-state index is 10.2. The van der Waals surface area contributed by atoms with Gasteiger partial charge in [-0.05, 0) is 256 Å². The lowest BCUT2D eigenvalue weighted by molar-refractivity contribution is 0.569. The molecule has 17 rings (SSSR count). The van der Waals surface area contributed by atoms with Crippen molar-refractivity contribution in [3.63, 3.8) is 0 Å². The van der Waals surface area contributed by atoms with E-state index >= 15 is 0 Å². The zero-order chi connectivity index (χ0) is 98.6. The van der Waals surface area contributed by atoms with Crippen molar-refractivity contribution in [2.24, 2.45) is 0 Å². The van der Waals surface area contributed by atoms with Gasteiger partial charge in [0, 0.05) is 77.9 Å². The number of hydrogen-bond acceptors (Lipinski definition) is 2. The lowest BCUT2D eigenvalue weighted by Gasteiger charge is -2.47. The van der Waals surface area contributed by atoms with Gasteiger partial charge in [0.25, 0.3) is 6.71 Å². The van der Waals surface area contributed by atoms with E-state index in [1.807, 2.05) is 6.07 Å². The molecule has 13 aromatic carbocycles. The zero-order valence-corrected chi connectivity index (χ0v) is 82.3. The highest BCUT2D eigenvalue weighted by Crippen LogP contribution is 2.58. The van der Waals surface area contributed by atoms with Crippen molar-refractivity contribution in [3.05, 3.63) is 304 Å². The quantitative estimate of drug-likeness (QED) is 0.141. The lowest BCUT2D eigenvalue weighted by atomic mass is 9.33. The zero-order valence-electron chi connectivity index (χ0n) is 90.3. The van der Waals surface area contributed by atoms with Crippen molar-refractivity contribution in [1.29, 1.82) is 0 Å². The van der Waals surface area contributed by atoms with Gasteiger partial charge in [0.2, 0.25) is 0 Å². The molecule has 0 atom stereocenters. The summed E-state index contributed by atoms with van der Waals surface area (Å²) in [5.41, 5.74) is 30.9. The molecule has 0 N–H and O–H groups in total. The summed E-state index contributed by atoms with van der Waals surface area (Å²) in [6.45, 7) is 76.1. The molecule has 0 radical (unpaired) electrons. The van der Waals surface area contributed by atoms with Crippen molar-refractivity contribution >= 4 is 101 Å². The topological polar surface area (TPSA) is 16.3 Å². The summed E-state index contributed by atoms with van der Waals surface area (Å²) in [5, 5.41) is 2.40. The van der Waals surface area contributed by atoms with Gasteiger partial charge in [-0.3, -0.25) is 0 Å². The molecule has 0 saturated heterocycles. The highest BCUT2D eigenvalue weighted by atomic mass is 15.2. The molecular formula is C122H139BN4. The fraction of sp³-hybridized carbons (Fsp3) is 0.361. The van der Waals surface area contributed by atoms with E-state index in [-0.39, 0.29) is 94.7 Å². The fourth-order valence-electron chi connectivity index (χ4n) is 19.4. The summed E-state index contributed by atoms with van der Waals surface area (Å²) in [5.74, 6) is 0. The summed E-state index contributed by atoms with van der Waals surface area (Å²) < 4.78 is 82.1. The number of nitrogens with zero attached hydrogens (tertiary/aromatic N) is 4. The second kappa shape index (κ2) is 29.9. The second-order valence-corrected chi connectivity index (χ2v) is 48.4. The van der Waals surface area contributed by atoms with Crippen LogP contribution in [0.3, 0.4) is 0 Å². The summed E-state index contributed by atoms with van der Waals surface area (Å²) in [7, 11) is 0. The van der Waals surface area contributed by atoms with E-state index in [1.165, 1.54) is 60.8 Å². The molecule has 0 amide bonds. The molecule has 5 heteroatoms. The number of anilines is 6. The van der Waals surface area contributed by atoms with Gasteiger partial charge in [0.15, 0.2) is 0 Å². The molecule has 2 aromatic heterocycles. The average molecular weight is 1680 g/mol. The van der Waals surface area contributed by atoms with Gasteiger partial charge in [-0.25, -0.2) is 0 Å². The van der Waals surface area contributed by atoms with Crippen LogP contribution in [0.4, 0.5) is 34.1 Å². The molecule has 0 spiro atoms. The van der Waals surface area contributed by atoms with E-state index in [0.29, 0.717) is 5.69 Å². The Kier molecular flexibility index (Phi) is 18.4. The minimum atomic E-state index is -0.566. The SMILES string of the molecule is [2H]c1c([2H])c([2H])c2c(c1[2H])c1c([2H])c([2H])c([2H])c([2H])c1n2-c1ccc2c(c1)N(c1c(-c3ccc(C(C)(C)C)cc3)cc(C(C)(C)C)cc1-c1cc(C(C)(C)C)cc(C(C)(C)C)c1)c1cc(C(C)(C)C)cc3c1B2c1ccc(-n2c4ccc(C(C)(C)C)cc4c4cc(C(C)(C)C)ccc42)cc1N3c1c(-c2ccc(C(C)(C)C)cc2)cc(C(C)(C)C)cc1-c1cc(C(C)(C)C)ccc1C(C)(C)C. The smallest absolute Gasteiger partial charge is 0.252 e. The van der Waals surface area contributed by atoms with Crippen LogP contribution in [-0.2, 0) is 59.6 Å². The van der Waals surface area contributed by atoms with Crippen LogP contribution < -0.4 is 26.2 Å². The van der Waals surface area contributed by atoms with E-state index in [2.05, 4.69) is 431 Å². The Morgan fingerprint density at radius 2 is 0.528 bits per heavy atom. The monoisotopic (exact) mass is 1680 g/mol. The number of aromatic nitrogens is 2. The maximum Gasteiger partial charge on any atom is 0.252 e. The molecule has 0 bridgehead atoms. The highest BCUT2D eigenvalue weighted by Gasteiger charge is 2.48.